The Morgan fingerprint density at radius 2 is 1.03 bits per heavy atom. The molecule has 4 rings (SSSR count). The normalized spacial score (nSPS) is 26.8. The molecule has 0 N–H and O–H groups in total. The first-order chi connectivity index (χ1) is 16.2. The molecular weight excluding hydrogens is 440 g/mol. The van der Waals surface area contributed by atoms with Gasteiger partial charge in [0.05, 0.1) is 31.8 Å². The third kappa shape index (κ3) is 19.4. The molecule has 4 atom stereocenters. The third-order valence-corrected chi connectivity index (χ3v) is 4.83. The summed E-state index contributed by atoms with van der Waals surface area (Å²) < 4.78 is 18.9. The van der Waals surface area contributed by atoms with Crippen LogP contribution in [-0.4, -0.2) is 49.3 Å². The molecule has 4 heterocycles. The van der Waals surface area contributed by atoms with Gasteiger partial charge in [-0.3, -0.25) is 19.2 Å². The van der Waals surface area contributed by atoms with Crippen LogP contribution in [0.1, 0.15) is 107 Å². The average molecular weight is 489 g/mol. The Morgan fingerprint density at radius 1 is 0.559 bits per heavy atom. The Kier molecular flexibility index (Phi) is 21.4. The molecule has 34 heavy (non-hydrogen) atoms. The van der Waals surface area contributed by atoms with E-state index in [4.69, 9.17) is 14.2 Å². The van der Waals surface area contributed by atoms with E-state index in [-0.39, 0.29) is 36.1 Å². The highest BCUT2D eigenvalue weighted by molar-refractivity contribution is 5.71. The highest BCUT2D eigenvalue weighted by Gasteiger charge is 2.18. The van der Waals surface area contributed by atoms with Crippen molar-refractivity contribution in [3.63, 3.8) is 0 Å². The summed E-state index contributed by atoms with van der Waals surface area (Å²) in [5.41, 5.74) is 0. The molecule has 0 aromatic rings. The van der Waals surface area contributed by atoms with Crippen LogP contribution in [0.5, 0.6) is 0 Å². The van der Waals surface area contributed by atoms with Crippen LogP contribution in [0.25, 0.3) is 0 Å². The Labute approximate surface area is 206 Å². The fourth-order valence-electron chi connectivity index (χ4n) is 2.93. The van der Waals surface area contributed by atoms with Crippen LogP contribution in [0.4, 0.5) is 0 Å². The molecular formula is C26H48O8. The number of esters is 4. The summed E-state index contributed by atoms with van der Waals surface area (Å²) in [6.07, 6.45) is 6.72. The van der Waals surface area contributed by atoms with Crippen LogP contribution in [0.15, 0.2) is 0 Å². The number of rotatable bonds is 0. The summed E-state index contributed by atoms with van der Waals surface area (Å²) in [4.78, 5) is 41.3. The van der Waals surface area contributed by atoms with Crippen molar-refractivity contribution < 1.29 is 38.1 Å². The first kappa shape index (κ1) is 34.0. The lowest BCUT2D eigenvalue weighted by molar-refractivity contribution is -0.152. The zero-order chi connectivity index (χ0) is 26.5. The molecule has 4 unspecified atom stereocenters. The number of hydrogen-bond donors (Lipinski definition) is 0. The number of carbonyl (C=O) groups excluding carboxylic acids is 4. The molecule has 4 aliphatic rings. The zero-order valence-electron chi connectivity index (χ0n) is 22.6. The standard InChI is InChI=1S/2C6H10O2.2C5H8O2.2C2H6/c1-5-2-3-6(7)8-4-5;1-5-3-2-4-6(7)8-5;1-4-2-5(6)7-3-4;1-4-2-3-5(6)7-4;2*1-2/h2*5H,2-4H2,1H3;2*4H,2-3H2,1H3;2*1-2H3. The van der Waals surface area contributed by atoms with Crippen LogP contribution >= 0.6 is 0 Å². The van der Waals surface area contributed by atoms with Crippen molar-refractivity contribution in [2.75, 3.05) is 13.2 Å². The molecule has 200 valence electrons. The van der Waals surface area contributed by atoms with Crippen LogP contribution < -0.4 is 0 Å². The number of cyclic esters (lactones) is 4. The van der Waals surface area contributed by atoms with Gasteiger partial charge in [-0.05, 0) is 45.4 Å². The van der Waals surface area contributed by atoms with Crippen molar-refractivity contribution in [3.05, 3.63) is 0 Å². The van der Waals surface area contributed by atoms with Gasteiger partial charge in [0.2, 0.25) is 0 Å². The SMILES string of the molecule is CC.CC.CC1CCC(=O)O1.CC1CCC(=O)OC1.CC1CCCC(=O)O1.CC1COC(=O)C1. The van der Waals surface area contributed by atoms with E-state index < -0.39 is 0 Å². The molecule has 0 aliphatic carbocycles. The molecule has 8 heteroatoms. The van der Waals surface area contributed by atoms with Crippen molar-refractivity contribution >= 4 is 23.9 Å². The van der Waals surface area contributed by atoms with Crippen molar-refractivity contribution in [2.45, 2.75) is 119 Å². The maximum atomic E-state index is 10.5. The van der Waals surface area contributed by atoms with E-state index in [9.17, 15) is 19.2 Å². The van der Waals surface area contributed by atoms with Gasteiger partial charge in [-0.1, -0.05) is 41.5 Å². The van der Waals surface area contributed by atoms with Gasteiger partial charge in [-0.25, -0.2) is 0 Å². The average Bonchev–Trinajstić information content (AvgIpc) is 3.39. The van der Waals surface area contributed by atoms with Crippen molar-refractivity contribution in [1.29, 1.82) is 0 Å². The largest absolute Gasteiger partial charge is 0.465 e. The minimum Gasteiger partial charge on any atom is -0.465 e. The lowest BCUT2D eigenvalue weighted by Gasteiger charge is -2.17. The number of ether oxygens (including phenoxy) is 4. The maximum Gasteiger partial charge on any atom is 0.306 e. The van der Waals surface area contributed by atoms with Gasteiger partial charge in [0.1, 0.15) is 0 Å². The fourth-order valence-corrected chi connectivity index (χ4v) is 2.93. The molecule has 0 aromatic carbocycles. The smallest absolute Gasteiger partial charge is 0.306 e. The molecule has 4 fully saturated rings. The summed E-state index contributed by atoms with van der Waals surface area (Å²) in [5, 5.41) is 0. The lowest BCUT2D eigenvalue weighted by atomic mass is 10.1. The molecule has 0 radical (unpaired) electrons. The lowest BCUT2D eigenvalue weighted by Crippen LogP contribution is -2.19. The maximum absolute atomic E-state index is 10.5. The summed E-state index contributed by atoms with van der Waals surface area (Å²) in [7, 11) is 0. The van der Waals surface area contributed by atoms with Crippen LogP contribution in [0.2, 0.25) is 0 Å². The zero-order valence-corrected chi connectivity index (χ0v) is 22.6. The number of hydrogen-bond acceptors (Lipinski definition) is 8. The molecule has 0 spiro atoms. The molecule has 4 aliphatic heterocycles. The topological polar surface area (TPSA) is 105 Å². The monoisotopic (exact) mass is 488 g/mol. The van der Waals surface area contributed by atoms with E-state index in [1.165, 1.54) is 0 Å². The molecule has 4 saturated heterocycles. The van der Waals surface area contributed by atoms with E-state index in [0.29, 0.717) is 50.7 Å². The van der Waals surface area contributed by atoms with Gasteiger partial charge in [0.25, 0.3) is 0 Å². The number of carbonyl (C=O) groups is 4. The van der Waals surface area contributed by atoms with Crippen molar-refractivity contribution in [1.82, 2.24) is 0 Å². The second kappa shape index (κ2) is 21.4. The minimum absolute atomic E-state index is 0.0382. The van der Waals surface area contributed by atoms with Crippen molar-refractivity contribution in [3.8, 4) is 0 Å². The van der Waals surface area contributed by atoms with Gasteiger partial charge in [-0.2, -0.15) is 0 Å². The van der Waals surface area contributed by atoms with E-state index >= 15 is 0 Å². The second-order valence-corrected chi connectivity index (χ2v) is 8.35. The molecule has 0 bridgehead atoms. The fraction of sp³-hybridized carbons (Fsp3) is 0.846. The summed E-state index contributed by atoms with van der Waals surface area (Å²) in [6.45, 7) is 17.2. The Balaban J connectivity index is 0. The highest BCUT2D eigenvalue weighted by atomic mass is 16.6. The first-order valence-corrected chi connectivity index (χ1v) is 12.9. The predicted molar refractivity (Wildman–Crippen MR) is 131 cm³/mol. The molecule has 8 nitrogen and oxygen atoms in total. The van der Waals surface area contributed by atoms with Gasteiger partial charge >= 0.3 is 23.9 Å². The van der Waals surface area contributed by atoms with Gasteiger partial charge < -0.3 is 18.9 Å². The molecule has 0 aromatic heterocycles. The van der Waals surface area contributed by atoms with Crippen LogP contribution in [0.3, 0.4) is 0 Å². The summed E-state index contributed by atoms with van der Waals surface area (Å²) >= 11 is 0. The third-order valence-electron chi connectivity index (χ3n) is 4.83. The van der Waals surface area contributed by atoms with E-state index in [1.54, 1.807) is 0 Å². The predicted octanol–water partition coefficient (Wildman–Crippen LogP) is 5.40. The first-order valence-electron chi connectivity index (χ1n) is 12.9. The Bertz CT molecular complexity index is 541. The van der Waals surface area contributed by atoms with E-state index in [0.717, 1.165) is 25.7 Å². The van der Waals surface area contributed by atoms with E-state index in [1.807, 2.05) is 48.5 Å². The quantitative estimate of drug-likeness (QED) is 0.330. The van der Waals surface area contributed by atoms with Gasteiger partial charge in [0, 0.05) is 25.2 Å². The minimum atomic E-state index is -0.0486. The van der Waals surface area contributed by atoms with Crippen LogP contribution in [-0.2, 0) is 38.1 Å². The van der Waals surface area contributed by atoms with Crippen LogP contribution in [0, 0.1) is 11.8 Å². The molecule has 0 saturated carbocycles. The Hall–Kier alpha value is -2.12. The second-order valence-electron chi connectivity index (χ2n) is 8.35. The molecule has 0 amide bonds. The van der Waals surface area contributed by atoms with Gasteiger partial charge in [0.15, 0.2) is 0 Å². The van der Waals surface area contributed by atoms with Crippen molar-refractivity contribution in [2.24, 2.45) is 11.8 Å². The van der Waals surface area contributed by atoms with Gasteiger partial charge in [-0.15, -0.1) is 0 Å². The highest BCUT2D eigenvalue weighted by Crippen LogP contribution is 2.13. The summed E-state index contributed by atoms with van der Waals surface area (Å²) in [6, 6.07) is 0. The Morgan fingerprint density at radius 3 is 1.26 bits per heavy atom. The van der Waals surface area contributed by atoms with E-state index in [2.05, 4.69) is 11.7 Å². The summed E-state index contributed by atoms with van der Waals surface area (Å²) in [5.74, 6) is 0.854.